The first kappa shape index (κ1) is 17.7. The van der Waals surface area contributed by atoms with Crippen LogP contribution >= 0.6 is 11.3 Å². The summed E-state index contributed by atoms with van der Waals surface area (Å²) in [6.07, 6.45) is 1.61. The molecule has 0 saturated carbocycles. The lowest BCUT2D eigenvalue weighted by atomic mass is 10.1. The van der Waals surface area contributed by atoms with E-state index in [1.54, 1.807) is 6.26 Å². The molecule has 4 rings (SSSR count). The maximum absolute atomic E-state index is 12.8. The molecule has 138 valence electrons. The lowest BCUT2D eigenvalue weighted by molar-refractivity contribution is 0.244. The number of aromatic nitrogens is 2. The van der Waals surface area contributed by atoms with Crippen LogP contribution in [0.1, 0.15) is 29.9 Å². The molecule has 0 aliphatic heterocycles. The Balaban J connectivity index is 1.63. The van der Waals surface area contributed by atoms with E-state index in [0.717, 1.165) is 16.9 Å². The van der Waals surface area contributed by atoms with Crippen molar-refractivity contribution in [2.45, 2.75) is 26.4 Å². The van der Waals surface area contributed by atoms with Gasteiger partial charge in [0.05, 0.1) is 17.7 Å². The highest BCUT2D eigenvalue weighted by Gasteiger charge is 2.19. The molecule has 3 aromatic heterocycles. The number of H-pyrrole nitrogens is 1. The van der Waals surface area contributed by atoms with E-state index < -0.39 is 0 Å². The van der Waals surface area contributed by atoms with Gasteiger partial charge in [-0.25, -0.2) is 4.98 Å². The molecule has 1 aromatic carbocycles. The number of benzene rings is 1. The van der Waals surface area contributed by atoms with Gasteiger partial charge in [0.2, 0.25) is 0 Å². The number of thiophene rings is 1. The molecule has 0 fully saturated rings. The number of nitrogens with one attached hydrogen (secondary N) is 1. The van der Waals surface area contributed by atoms with Gasteiger partial charge in [0, 0.05) is 17.5 Å². The molecule has 5 nitrogen and oxygen atoms in total. The monoisotopic (exact) mass is 379 g/mol. The Labute approximate surface area is 161 Å². The molecule has 27 heavy (non-hydrogen) atoms. The molecular formula is C21H21N3O2S. The van der Waals surface area contributed by atoms with E-state index in [1.807, 2.05) is 24.6 Å². The molecule has 4 aromatic rings. The number of furan rings is 1. The van der Waals surface area contributed by atoms with E-state index in [9.17, 15) is 4.79 Å². The van der Waals surface area contributed by atoms with E-state index in [4.69, 9.17) is 9.40 Å². The summed E-state index contributed by atoms with van der Waals surface area (Å²) in [4.78, 5) is 23.4. The second kappa shape index (κ2) is 7.13. The van der Waals surface area contributed by atoms with Crippen LogP contribution in [0.25, 0.3) is 21.5 Å². The van der Waals surface area contributed by atoms with E-state index in [-0.39, 0.29) is 11.6 Å². The Kier molecular flexibility index (Phi) is 4.68. The van der Waals surface area contributed by atoms with Crippen LogP contribution in [-0.2, 0) is 6.54 Å². The molecule has 0 aliphatic carbocycles. The summed E-state index contributed by atoms with van der Waals surface area (Å²) < 4.78 is 5.45. The molecule has 0 amide bonds. The molecule has 1 atom stereocenters. The predicted molar refractivity (Wildman–Crippen MR) is 109 cm³/mol. The largest absolute Gasteiger partial charge is 0.464 e. The molecule has 0 bridgehead atoms. The SMILES string of the molecule is Cc1ccc(CN(C)C(C)c2nc3scc(-c4ccco4)c3c(=O)[nH]2)cc1. The third-order valence-corrected chi connectivity index (χ3v) is 5.73. The Morgan fingerprint density at radius 1 is 1.26 bits per heavy atom. The lowest BCUT2D eigenvalue weighted by Crippen LogP contribution is -2.25. The summed E-state index contributed by atoms with van der Waals surface area (Å²) in [6.45, 7) is 4.92. The fraction of sp³-hybridized carbons (Fsp3) is 0.238. The highest BCUT2D eigenvalue weighted by atomic mass is 32.1. The Bertz CT molecular complexity index is 1110. The van der Waals surface area contributed by atoms with Crippen molar-refractivity contribution < 1.29 is 4.42 Å². The summed E-state index contributed by atoms with van der Waals surface area (Å²) >= 11 is 1.47. The second-order valence-corrected chi connectivity index (χ2v) is 7.69. The number of hydrogen-bond donors (Lipinski definition) is 1. The van der Waals surface area contributed by atoms with Crippen LogP contribution in [0.5, 0.6) is 0 Å². The van der Waals surface area contributed by atoms with Crippen LogP contribution in [0.2, 0.25) is 0 Å². The maximum Gasteiger partial charge on any atom is 0.260 e. The van der Waals surface area contributed by atoms with Gasteiger partial charge in [-0.05, 0) is 38.6 Å². The standard InChI is InChI=1S/C21H21N3O2S/c1-13-6-8-15(9-7-13)11-24(3)14(2)19-22-20(25)18-16(12-27-21(18)23-19)17-5-4-10-26-17/h4-10,12,14H,11H2,1-3H3,(H,22,23,25). The molecule has 0 aliphatic rings. The third kappa shape index (κ3) is 3.46. The fourth-order valence-corrected chi connectivity index (χ4v) is 4.04. The topological polar surface area (TPSA) is 62.1 Å². The van der Waals surface area contributed by atoms with Crippen molar-refractivity contribution >= 4 is 21.6 Å². The van der Waals surface area contributed by atoms with Crippen molar-refractivity contribution in [2.24, 2.45) is 0 Å². The molecule has 1 unspecified atom stereocenters. The maximum atomic E-state index is 12.8. The van der Waals surface area contributed by atoms with Gasteiger partial charge in [-0.1, -0.05) is 29.8 Å². The van der Waals surface area contributed by atoms with E-state index in [0.29, 0.717) is 17.0 Å². The first-order valence-corrected chi connectivity index (χ1v) is 9.72. The van der Waals surface area contributed by atoms with Crippen molar-refractivity contribution in [3.05, 3.63) is 75.3 Å². The van der Waals surface area contributed by atoms with Crippen LogP contribution < -0.4 is 5.56 Å². The molecule has 0 radical (unpaired) electrons. The van der Waals surface area contributed by atoms with Crippen LogP contribution in [-0.4, -0.2) is 21.9 Å². The van der Waals surface area contributed by atoms with Gasteiger partial charge in [0.1, 0.15) is 16.4 Å². The minimum absolute atomic E-state index is 0.0161. The molecule has 0 saturated heterocycles. The summed E-state index contributed by atoms with van der Waals surface area (Å²) in [7, 11) is 2.04. The quantitative estimate of drug-likeness (QED) is 0.544. The van der Waals surface area contributed by atoms with Gasteiger partial charge in [0.15, 0.2) is 0 Å². The van der Waals surface area contributed by atoms with E-state index in [2.05, 4.69) is 48.0 Å². The molecule has 6 heteroatoms. The van der Waals surface area contributed by atoms with Crippen LogP contribution in [0, 0.1) is 6.92 Å². The highest BCUT2D eigenvalue weighted by molar-refractivity contribution is 7.17. The number of hydrogen-bond acceptors (Lipinski definition) is 5. The van der Waals surface area contributed by atoms with Crippen LogP contribution in [0.3, 0.4) is 0 Å². The van der Waals surface area contributed by atoms with Gasteiger partial charge >= 0.3 is 0 Å². The van der Waals surface area contributed by atoms with Crippen molar-refractivity contribution in [3.63, 3.8) is 0 Å². The molecular weight excluding hydrogens is 358 g/mol. The first-order chi connectivity index (χ1) is 13.0. The zero-order valence-electron chi connectivity index (χ0n) is 15.5. The minimum atomic E-state index is -0.127. The van der Waals surface area contributed by atoms with Gasteiger partial charge in [-0.3, -0.25) is 9.69 Å². The molecule has 0 spiro atoms. The van der Waals surface area contributed by atoms with Gasteiger partial charge in [-0.2, -0.15) is 0 Å². The molecule has 3 heterocycles. The smallest absolute Gasteiger partial charge is 0.260 e. The summed E-state index contributed by atoms with van der Waals surface area (Å²) in [5, 5.41) is 2.52. The fourth-order valence-electron chi connectivity index (χ4n) is 3.10. The number of fused-ring (bicyclic) bond motifs is 1. The third-order valence-electron chi connectivity index (χ3n) is 4.86. The lowest BCUT2D eigenvalue weighted by Gasteiger charge is -2.24. The second-order valence-electron chi connectivity index (χ2n) is 6.83. The van der Waals surface area contributed by atoms with Crippen molar-refractivity contribution in [1.82, 2.24) is 14.9 Å². The Morgan fingerprint density at radius 3 is 2.74 bits per heavy atom. The van der Waals surface area contributed by atoms with Crippen molar-refractivity contribution in [2.75, 3.05) is 7.05 Å². The first-order valence-electron chi connectivity index (χ1n) is 8.84. The van der Waals surface area contributed by atoms with Gasteiger partial charge < -0.3 is 9.40 Å². The number of aromatic amines is 1. The zero-order chi connectivity index (χ0) is 19.0. The van der Waals surface area contributed by atoms with Crippen molar-refractivity contribution in [1.29, 1.82) is 0 Å². The highest BCUT2D eigenvalue weighted by Crippen LogP contribution is 2.31. The summed E-state index contributed by atoms with van der Waals surface area (Å²) in [6, 6.07) is 12.1. The van der Waals surface area contributed by atoms with Crippen LogP contribution in [0.15, 0.2) is 57.3 Å². The number of nitrogens with zero attached hydrogens (tertiary/aromatic N) is 2. The van der Waals surface area contributed by atoms with Crippen molar-refractivity contribution in [3.8, 4) is 11.3 Å². The predicted octanol–water partition coefficient (Wildman–Crippen LogP) is 4.75. The number of aryl methyl sites for hydroxylation is 1. The van der Waals surface area contributed by atoms with Gasteiger partial charge in [-0.15, -0.1) is 11.3 Å². The number of rotatable bonds is 5. The van der Waals surface area contributed by atoms with Crippen LogP contribution in [0.4, 0.5) is 0 Å². The van der Waals surface area contributed by atoms with Gasteiger partial charge in [0.25, 0.3) is 5.56 Å². The van der Waals surface area contributed by atoms with E-state index >= 15 is 0 Å². The van der Waals surface area contributed by atoms with E-state index in [1.165, 1.54) is 22.5 Å². The normalized spacial score (nSPS) is 12.7. The summed E-state index contributed by atoms with van der Waals surface area (Å²) in [5.41, 5.74) is 3.14. The zero-order valence-corrected chi connectivity index (χ0v) is 16.3. The summed E-state index contributed by atoms with van der Waals surface area (Å²) in [5.74, 6) is 1.36. The average Bonchev–Trinajstić information content (AvgIpc) is 3.32. The average molecular weight is 379 g/mol. The minimum Gasteiger partial charge on any atom is -0.464 e. The molecule has 1 N–H and O–H groups in total. The Hall–Kier alpha value is -2.70. The Morgan fingerprint density at radius 2 is 2.04 bits per heavy atom.